The number of hydrogen-bond acceptors (Lipinski definition) is 6. The molecule has 6 nitrogen and oxygen atoms in total. The second kappa shape index (κ2) is 6.64. The van der Waals surface area contributed by atoms with Crippen LogP contribution in [0.2, 0.25) is 0 Å². The number of ketones is 1. The van der Waals surface area contributed by atoms with Crippen LogP contribution in [0.25, 0.3) is 0 Å². The van der Waals surface area contributed by atoms with E-state index in [1.54, 1.807) is 26.4 Å². The highest BCUT2D eigenvalue weighted by Gasteiger charge is 2.28. The van der Waals surface area contributed by atoms with Crippen LogP contribution in [0.3, 0.4) is 0 Å². The molecule has 0 atom stereocenters. The van der Waals surface area contributed by atoms with Crippen LogP contribution in [-0.2, 0) is 6.42 Å². The summed E-state index contributed by atoms with van der Waals surface area (Å²) in [5.41, 5.74) is 2.67. The topological polar surface area (TPSA) is 66.4 Å². The molecule has 134 valence electrons. The third-order valence-corrected chi connectivity index (χ3v) is 5.24. The van der Waals surface area contributed by atoms with Crippen LogP contribution >= 0.6 is 15.9 Å². The summed E-state index contributed by atoms with van der Waals surface area (Å²) in [6.45, 7) is 0.693. The van der Waals surface area contributed by atoms with E-state index < -0.39 is 0 Å². The van der Waals surface area contributed by atoms with Gasteiger partial charge >= 0.3 is 0 Å². The smallest absolute Gasteiger partial charge is 0.231 e. The summed E-state index contributed by atoms with van der Waals surface area (Å²) in [6.07, 6.45) is 0.745. The Balaban J connectivity index is 1.78. The number of aliphatic imine (C=N–C) groups is 1. The molecule has 2 aromatic rings. The van der Waals surface area contributed by atoms with Crippen molar-refractivity contribution in [3.05, 3.63) is 45.4 Å². The highest BCUT2D eigenvalue weighted by Crippen LogP contribution is 2.42. The number of carbonyl (C=O) groups is 1. The van der Waals surface area contributed by atoms with Crippen molar-refractivity contribution in [2.75, 3.05) is 27.6 Å². The van der Waals surface area contributed by atoms with E-state index in [9.17, 15) is 4.79 Å². The van der Waals surface area contributed by atoms with E-state index in [4.69, 9.17) is 18.9 Å². The molecule has 0 N–H and O–H groups in total. The molecule has 0 aliphatic carbocycles. The molecule has 0 radical (unpaired) electrons. The number of halogens is 1. The minimum atomic E-state index is -0.177. The second-order valence-electron chi connectivity index (χ2n) is 5.83. The fourth-order valence-corrected chi connectivity index (χ4v) is 3.78. The Morgan fingerprint density at radius 3 is 2.69 bits per heavy atom. The lowest BCUT2D eigenvalue weighted by molar-refractivity contribution is 0.106. The average Bonchev–Trinajstić information content (AvgIpc) is 3.16. The van der Waals surface area contributed by atoms with Crippen LogP contribution in [0.4, 0.5) is 0 Å². The van der Waals surface area contributed by atoms with Crippen LogP contribution in [0, 0.1) is 0 Å². The molecule has 0 saturated heterocycles. The predicted molar refractivity (Wildman–Crippen MR) is 99.2 cm³/mol. The maximum atomic E-state index is 13.2. The summed E-state index contributed by atoms with van der Waals surface area (Å²) >= 11 is 3.46. The molecule has 0 bridgehead atoms. The largest absolute Gasteiger partial charge is 0.493 e. The van der Waals surface area contributed by atoms with Gasteiger partial charge in [-0.2, -0.15) is 0 Å². The fraction of sp³-hybridized carbons (Fsp3) is 0.263. The molecule has 0 saturated carbocycles. The molecule has 7 heteroatoms. The van der Waals surface area contributed by atoms with Crippen molar-refractivity contribution in [1.82, 2.24) is 0 Å². The molecule has 2 heterocycles. The number of nitrogens with zero attached hydrogens (tertiary/aromatic N) is 1. The van der Waals surface area contributed by atoms with Gasteiger partial charge in [0.1, 0.15) is 5.71 Å². The van der Waals surface area contributed by atoms with E-state index in [1.165, 1.54) is 0 Å². The van der Waals surface area contributed by atoms with Gasteiger partial charge in [-0.15, -0.1) is 0 Å². The van der Waals surface area contributed by atoms with Gasteiger partial charge in [-0.25, -0.2) is 0 Å². The maximum absolute atomic E-state index is 13.2. The number of ether oxygens (including phenoxy) is 4. The van der Waals surface area contributed by atoms with E-state index in [0.29, 0.717) is 45.3 Å². The van der Waals surface area contributed by atoms with Crippen LogP contribution in [0.1, 0.15) is 21.5 Å². The van der Waals surface area contributed by atoms with Crippen LogP contribution < -0.4 is 18.9 Å². The van der Waals surface area contributed by atoms with Gasteiger partial charge in [-0.3, -0.25) is 9.79 Å². The van der Waals surface area contributed by atoms with Crippen molar-refractivity contribution in [3.63, 3.8) is 0 Å². The third-order valence-electron chi connectivity index (χ3n) is 4.45. The fourth-order valence-electron chi connectivity index (χ4n) is 3.16. The minimum Gasteiger partial charge on any atom is -0.493 e. The molecule has 2 aliphatic heterocycles. The highest BCUT2D eigenvalue weighted by molar-refractivity contribution is 9.10. The number of Topliss-reactive ketones (excluding diaryl/α,β-unsaturated/α-hetero) is 1. The second-order valence-corrected chi connectivity index (χ2v) is 6.63. The number of carbonyl (C=O) groups excluding carboxylic acids is 1. The van der Waals surface area contributed by atoms with Gasteiger partial charge in [0.05, 0.1) is 18.7 Å². The van der Waals surface area contributed by atoms with Crippen molar-refractivity contribution in [1.29, 1.82) is 0 Å². The number of fused-ring (bicyclic) bond motifs is 2. The molecule has 0 fully saturated rings. The first kappa shape index (κ1) is 16.9. The summed E-state index contributed by atoms with van der Waals surface area (Å²) in [7, 11) is 3.16. The molecular weight excluding hydrogens is 402 g/mol. The molecule has 0 aromatic heterocycles. The van der Waals surface area contributed by atoms with Gasteiger partial charge < -0.3 is 18.9 Å². The van der Waals surface area contributed by atoms with Gasteiger partial charge in [0.25, 0.3) is 0 Å². The summed E-state index contributed by atoms with van der Waals surface area (Å²) < 4.78 is 22.1. The summed E-state index contributed by atoms with van der Waals surface area (Å²) in [4.78, 5) is 17.7. The van der Waals surface area contributed by atoms with Crippen molar-refractivity contribution in [2.24, 2.45) is 4.99 Å². The van der Waals surface area contributed by atoms with Crippen LogP contribution in [0.15, 0.2) is 33.7 Å². The van der Waals surface area contributed by atoms with Gasteiger partial charge in [0.2, 0.25) is 12.6 Å². The lowest BCUT2D eigenvalue weighted by Gasteiger charge is -2.19. The molecule has 0 unspecified atom stereocenters. The van der Waals surface area contributed by atoms with Crippen molar-refractivity contribution >= 4 is 27.4 Å². The Bertz CT molecular complexity index is 938. The predicted octanol–water partition coefficient (Wildman–Crippen LogP) is 3.42. The molecule has 0 spiro atoms. The van der Waals surface area contributed by atoms with E-state index in [2.05, 4.69) is 20.9 Å². The molecule has 2 aromatic carbocycles. The number of hydrogen-bond donors (Lipinski definition) is 0. The van der Waals surface area contributed by atoms with Gasteiger partial charge in [-0.05, 0) is 52.2 Å². The minimum absolute atomic E-state index is 0.145. The highest BCUT2D eigenvalue weighted by atomic mass is 79.9. The van der Waals surface area contributed by atoms with E-state index in [1.807, 2.05) is 12.1 Å². The van der Waals surface area contributed by atoms with E-state index >= 15 is 0 Å². The molecule has 2 aliphatic rings. The molecule has 0 amide bonds. The zero-order chi connectivity index (χ0) is 18.3. The maximum Gasteiger partial charge on any atom is 0.231 e. The number of benzene rings is 2. The molecule has 4 rings (SSSR count). The van der Waals surface area contributed by atoms with Gasteiger partial charge in [0.15, 0.2) is 23.0 Å². The Morgan fingerprint density at radius 2 is 1.92 bits per heavy atom. The lowest BCUT2D eigenvalue weighted by Crippen LogP contribution is -2.22. The van der Waals surface area contributed by atoms with Crippen LogP contribution in [-0.4, -0.2) is 39.1 Å². The summed E-state index contributed by atoms with van der Waals surface area (Å²) in [5, 5.41) is 0. The zero-order valence-corrected chi connectivity index (χ0v) is 15.9. The van der Waals surface area contributed by atoms with Crippen molar-refractivity contribution in [3.8, 4) is 23.0 Å². The van der Waals surface area contributed by atoms with Crippen LogP contribution in [0.5, 0.6) is 23.0 Å². The first-order valence-electron chi connectivity index (χ1n) is 8.06. The monoisotopic (exact) mass is 417 g/mol. The normalized spacial score (nSPS) is 14.5. The number of methoxy groups -OCH3 is 2. The first-order chi connectivity index (χ1) is 12.6. The average molecular weight is 418 g/mol. The first-order valence-corrected chi connectivity index (χ1v) is 8.86. The van der Waals surface area contributed by atoms with E-state index in [-0.39, 0.29) is 12.6 Å². The van der Waals surface area contributed by atoms with Gasteiger partial charge in [-0.1, -0.05) is 0 Å². The van der Waals surface area contributed by atoms with E-state index in [0.717, 1.165) is 17.5 Å². The Hall–Kier alpha value is -2.54. The third kappa shape index (κ3) is 2.63. The number of rotatable bonds is 4. The Morgan fingerprint density at radius 1 is 1.15 bits per heavy atom. The van der Waals surface area contributed by atoms with Crippen molar-refractivity contribution < 1.29 is 23.7 Å². The summed E-state index contributed by atoms with van der Waals surface area (Å²) in [5.74, 6) is 2.19. The van der Waals surface area contributed by atoms with Crippen molar-refractivity contribution in [2.45, 2.75) is 6.42 Å². The SMILES string of the molecule is COc1cc2c(cc1OC)C(C(=O)c1ccc3c(c1Br)OCO3)=NCC2. The Kier molecular flexibility index (Phi) is 4.32. The zero-order valence-electron chi connectivity index (χ0n) is 14.3. The molecular formula is C19H16BrNO5. The standard InChI is InChI=1S/C19H16BrNO5/c1-23-14-7-10-5-6-21-17(12(10)8-15(14)24-2)18(22)11-3-4-13-19(16(11)20)26-9-25-13/h3-4,7-8H,5-6,9H2,1-2H3. The Labute approximate surface area is 158 Å². The molecule has 26 heavy (non-hydrogen) atoms. The quantitative estimate of drug-likeness (QED) is 0.712. The van der Waals surface area contributed by atoms with Gasteiger partial charge in [0, 0.05) is 17.7 Å². The summed E-state index contributed by atoms with van der Waals surface area (Å²) in [6, 6.07) is 7.17. The lowest BCUT2D eigenvalue weighted by atomic mass is 9.92.